The normalized spacial score (nSPS) is 19.2. The lowest BCUT2D eigenvalue weighted by atomic mass is 10.1. The van der Waals surface area contributed by atoms with E-state index >= 15 is 0 Å². The maximum Gasteiger partial charge on any atom is 0.353 e. The summed E-state index contributed by atoms with van der Waals surface area (Å²) in [5.74, 6) is -0.742. The van der Waals surface area contributed by atoms with E-state index in [9.17, 15) is 14.7 Å². The lowest BCUT2D eigenvalue weighted by Gasteiger charge is -2.37. The summed E-state index contributed by atoms with van der Waals surface area (Å²) < 4.78 is 16.4. The number of nitrogens with zero attached hydrogens (tertiary/aromatic N) is 2. The van der Waals surface area contributed by atoms with E-state index in [4.69, 9.17) is 19.3 Å². The molecule has 0 amide bonds. The third-order valence-corrected chi connectivity index (χ3v) is 5.64. The van der Waals surface area contributed by atoms with Crippen molar-refractivity contribution >= 4 is 17.4 Å². The van der Waals surface area contributed by atoms with Crippen molar-refractivity contribution in [3.63, 3.8) is 0 Å². The number of para-hydroxylation sites is 3. The highest BCUT2D eigenvalue weighted by molar-refractivity contribution is 6.15. The number of hydrogen-bond acceptors (Lipinski definition) is 8. The van der Waals surface area contributed by atoms with Crippen LogP contribution in [0.5, 0.6) is 17.2 Å². The monoisotopic (exact) mass is 442 g/mol. The van der Waals surface area contributed by atoms with Crippen LogP contribution >= 0.6 is 0 Å². The smallest absolute Gasteiger partial charge is 0.353 e. The first-order valence-electron chi connectivity index (χ1n) is 10.5. The van der Waals surface area contributed by atoms with E-state index in [1.807, 2.05) is 24.3 Å². The molecular weight excluding hydrogens is 416 g/mol. The minimum absolute atomic E-state index is 0.00152. The SMILES string of the molecule is COc1ccccc1N1CCN(CC(O)COc2cccc3c2OC(C(=O)O)C3=O)CC1. The van der Waals surface area contributed by atoms with Crippen LogP contribution in [0.2, 0.25) is 0 Å². The van der Waals surface area contributed by atoms with Gasteiger partial charge in [-0.05, 0) is 24.3 Å². The zero-order valence-corrected chi connectivity index (χ0v) is 17.8. The minimum atomic E-state index is -1.56. The summed E-state index contributed by atoms with van der Waals surface area (Å²) in [5.41, 5.74) is 1.24. The number of aliphatic hydroxyl groups is 1. The van der Waals surface area contributed by atoms with E-state index in [2.05, 4.69) is 9.80 Å². The molecule has 32 heavy (non-hydrogen) atoms. The fraction of sp³-hybridized carbons (Fsp3) is 0.391. The molecule has 1 saturated heterocycles. The largest absolute Gasteiger partial charge is 0.495 e. The van der Waals surface area contributed by atoms with Crippen molar-refractivity contribution in [3.8, 4) is 17.2 Å². The molecule has 2 aromatic carbocycles. The standard InChI is InChI=1S/C23H26N2O7/c1-30-18-7-3-2-6-17(18)25-11-9-24(10-12-25)13-15(26)14-31-19-8-4-5-16-20(27)22(23(28)29)32-21(16)19/h2-8,15,22,26H,9-14H2,1H3,(H,28,29). The Morgan fingerprint density at radius 1 is 1.12 bits per heavy atom. The molecular formula is C23H26N2O7. The average molecular weight is 442 g/mol. The van der Waals surface area contributed by atoms with Gasteiger partial charge in [0.25, 0.3) is 6.10 Å². The van der Waals surface area contributed by atoms with Crippen LogP contribution in [-0.2, 0) is 4.79 Å². The first-order valence-corrected chi connectivity index (χ1v) is 10.5. The quantitative estimate of drug-likeness (QED) is 0.585. The molecule has 2 aliphatic heterocycles. The molecule has 0 bridgehead atoms. The number of β-amino-alcohol motifs (C(OH)–C–C–N with tert-alkyl or cyclic N) is 1. The van der Waals surface area contributed by atoms with E-state index in [1.165, 1.54) is 6.07 Å². The number of Topliss-reactive ketones (excluding diaryl/α,β-unsaturated/α-hetero) is 1. The highest BCUT2D eigenvalue weighted by atomic mass is 16.6. The van der Waals surface area contributed by atoms with E-state index in [1.54, 1.807) is 19.2 Å². The van der Waals surface area contributed by atoms with Gasteiger partial charge in [-0.2, -0.15) is 0 Å². The highest BCUT2D eigenvalue weighted by Gasteiger charge is 2.39. The van der Waals surface area contributed by atoms with Crippen molar-refractivity contribution in [2.75, 3.05) is 51.3 Å². The van der Waals surface area contributed by atoms with Gasteiger partial charge in [0, 0.05) is 32.7 Å². The van der Waals surface area contributed by atoms with E-state index in [0.717, 1.165) is 37.6 Å². The van der Waals surface area contributed by atoms with Gasteiger partial charge < -0.3 is 29.3 Å². The summed E-state index contributed by atoms with van der Waals surface area (Å²) in [6.07, 6.45) is -2.31. The third kappa shape index (κ3) is 4.49. The third-order valence-electron chi connectivity index (χ3n) is 5.64. The van der Waals surface area contributed by atoms with Crippen LogP contribution in [0.15, 0.2) is 42.5 Å². The van der Waals surface area contributed by atoms with Gasteiger partial charge in [-0.3, -0.25) is 9.69 Å². The molecule has 0 aromatic heterocycles. The predicted molar refractivity (Wildman–Crippen MR) is 116 cm³/mol. The summed E-state index contributed by atoms with van der Waals surface area (Å²) in [6.45, 7) is 3.63. The molecule has 2 N–H and O–H groups in total. The Hall–Kier alpha value is -3.30. The second kappa shape index (κ2) is 9.46. The molecule has 0 saturated carbocycles. The maximum atomic E-state index is 12.1. The second-order valence-electron chi connectivity index (χ2n) is 7.76. The van der Waals surface area contributed by atoms with Crippen molar-refractivity contribution in [1.29, 1.82) is 0 Å². The second-order valence-corrected chi connectivity index (χ2v) is 7.76. The summed E-state index contributed by atoms with van der Waals surface area (Å²) in [7, 11) is 1.66. The van der Waals surface area contributed by atoms with Crippen molar-refractivity contribution in [1.82, 2.24) is 4.90 Å². The molecule has 9 nitrogen and oxygen atoms in total. The molecule has 2 heterocycles. The molecule has 4 rings (SSSR count). The number of carboxylic acids is 1. The maximum absolute atomic E-state index is 12.1. The molecule has 2 aliphatic rings. The molecule has 2 atom stereocenters. The van der Waals surface area contributed by atoms with Crippen LogP contribution in [0.4, 0.5) is 5.69 Å². The zero-order valence-electron chi connectivity index (χ0n) is 17.8. The summed E-state index contributed by atoms with van der Waals surface area (Å²) in [4.78, 5) is 27.7. The van der Waals surface area contributed by atoms with E-state index < -0.39 is 24.0 Å². The number of ether oxygens (including phenoxy) is 3. The number of piperazine rings is 1. The van der Waals surface area contributed by atoms with Gasteiger partial charge in [0.05, 0.1) is 18.4 Å². The summed E-state index contributed by atoms with van der Waals surface area (Å²) in [5, 5.41) is 19.6. The number of carbonyl (C=O) groups excluding carboxylic acids is 1. The van der Waals surface area contributed by atoms with Crippen LogP contribution in [0.1, 0.15) is 10.4 Å². The zero-order chi connectivity index (χ0) is 22.7. The van der Waals surface area contributed by atoms with Crippen LogP contribution in [-0.4, -0.2) is 85.5 Å². The summed E-state index contributed by atoms with van der Waals surface area (Å²) in [6, 6.07) is 12.6. The van der Waals surface area contributed by atoms with Crippen molar-refractivity contribution in [2.45, 2.75) is 12.2 Å². The molecule has 170 valence electrons. The number of benzene rings is 2. The Balaban J connectivity index is 1.29. The van der Waals surface area contributed by atoms with Crippen molar-refractivity contribution in [2.24, 2.45) is 0 Å². The number of fused-ring (bicyclic) bond motifs is 1. The number of carbonyl (C=O) groups is 2. The number of methoxy groups -OCH3 is 1. The van der Waals surface area contributed by atoms with Crippen LogP contribution in [0, 0.1) is 0 Å². The summed E-state index contributed by atoms with van der Waals surface area (Å²) >= 11 is 0. The number of aliphatic carboxylic acids is 1. The molecule has 0 aliphatic carbocycles. The Labute approximate surface area is 185 Å². The van der Waals surface area contributed by atoms with E-state index in [0.29, 0.717) is 6.54 Å². The first kappa shape index (κ1) is 21.9. The predicted octanol–water partition coefficient (Wildman–Crippen LogP) is 1.29. The Morgan fingerprint density at radius 2 is 1.84 bits per heavy atom. The highest BCUT2D eigenvalue weighted by Crippen LogP contribution is 2.38. The Kier molecular flexibility index (Phi) is 6.48. The van der Waals surface area contributed by atoms with Gasteiger partial charge in [0.1, 0.15) is 18.5 Å². The van der Waals surface area contributed by atoms with Crippen LogP contribution in [0.25, 0.3) is 0 Å². The Morgan fingerprint density at radius 3 is 2.56 bits per heavy atom. The average Bonchev–Trinajstić information content (AvgIpc) is 3.15. The number of anilines is 1. The first-order chi connectivity index (χ1) is 15.5. The molecule has 0 radical (unpaired) electrons. The fourth-order valence-corrected chi connectivity index (χ4v) is 4.02. The Bertz CT molecular complexity index is 988. The lowest BCUT2D eigenvalue weighted by Crippen LogP contribution is -2.49. The van der Waals surface area contributed by atoms with Gasteiger partial charge in [-0.1, -0.05) is 18.2 Å². The van der Waals surface area contributed by atoms with Gasteiger partial charge in [0.2, 0.25) is 5.78 Å². The lowest BCUT2D eigenvalue weighted by molar-refractivity contribution is -0.142. The van der Waals surface area contributed by atoms with Crippen LogP contribution < -0.4 is 19.1 Å². The number of rotatable bonds is 8. The number of hydrogen-bond donors (Lipinski definition) is 2. The van der Waals surface area contributed by atoms with Gasteiger partial charge in [-0.25, -0.2) is 4.79 Å². The fourth-order valence-electron chi connectivity index (χ4n) is 4.02. The number of carboxylic acid groups (broad SMARTS) is 1. The van der Waals surface area contributed by atoms with Crippen molar-refractivity contribution in [3.05, 3.63) is 48.0 Å². The molecule has 9 heteroatoms. The number of aliphatic hydroxyl groups excluding tert-OH is 1. The van der Waals surface area contributed by atoms with Gasteiger partial charge in [0.15, 0.2) is 11.5 Å². The number of ketones is 1. The van der Waals surface area contributed by atoms with Gasteiger partial charge in [-0.15, -0.1) is 0 Å². The topological polar surface area (TPSA) is 109 Å². The molecule has 0 spiro atoms. The molecule has 1 fully saturated rings. The molecule has 2 aromatic rings. The van der Waals surface area contributed by atoms with Gasteiger partial charge >= 0.3 is 5.97 Å². The molecule has 2 unspecified atom stereocenters. The van der Waals surface area contributed by atoms with Crippen molar-refractivity contribution < 1.29 is 34.0 Å². The van der Waals surface area contributed by atoms with E-state index in [-0.39, 0.29) is 23.7 Å². The minimum Gasteiger partial charge on any atom is -0.495 e. The van der Waals surface area contributed by atoms with Crippen LogP contribution in [0.3, 0.4) is 0 Å².